The van der Waals surface area contributed by atoms with Crippen molar-refractivity contribution in [2.75, 3.05) is 19.7 Å². The summed E-state index contributed by atoms with van der Waals surface area (Å²) in [7, 11) is 0. The Hall–Kier alpha value is -1.92. The van der Waals surface area contributed by atoms with Gasteiger partial charge in [-0.25, -0.2) is 4.79 Å². The van der Waals surface area contributed by atoms with Crippen molar-refractivity contribution < 1.29 is 19.4 Å². The molecule has 6 nitrogen and oxygen atoms in total. The summed E-state index contributed by atoms with van der Waals surface area (Å²) in [4.78, 5) is 23.7. The number of rotatable bonds is 5. The minimum Gasteiger partial charge on any atom is -0.479 e. The van der Waals surface area contributed by atoms with Gasteiger partial charge in [0.05, 0.1) is 19.1 Å². The molecule has 114 valence electrons. The van der Waals surface area contributed by atoms with Crippen LogP contribution in [0.15, 0.2) is 30.3 Å². The number of amides is 1. The lowest BCUT2D eigenvalue weighted by Gasteiger charge is -2.29. The standard InChI is InChI=1S/C15H20N2O4/c1-15(14(19)20,11-5-3-2-4-6-11)17-13(18)9-12-10-16-7-8-21-12/h2-6,12,16H,7-10H2,1H3,(H,17,18)(H,19,20). The Bertz CT molecular complexity index is 500. The molecule has 1 fully saturated rings. The first-order valence-corrected chi connectivity index (χ1v) is 6.94. The predicted octanol–water partition coefficient (Wildman–Crippen LogP) is 0.481. The summed E-state index contributed by atoms with van der Waals surface area (Å²) in [5, 5.41) is 15.2. The van der Waals surface area contributed by atoms with Crippen molar-refractivity contribution in [2.45, 2.75) is 25.0 Å². The minimum atomic E-state index is -1.44. The van der Waals surface area contributed by atoms with Crippen molar-refractivity contribution in [3.63, 3.8) is 0 Å². The number of carbonyl (C=O) groups excluding carboxylic acids is 1. The zero-order valence-corrected chi connectivity index (χ0v) is 12.0. The van der Waals surface area contributed by atoms with Crippen molar-refractivity contribution in [3.05, 3.63) is 35.9 Å². The number of carbonyl (C=O) groups is 2. The number of aliphatic carboxylic acids is 1. The number of ether oxygens (including phenoxy) is 1. The molecular formula is C15H20N2O4. The fraction of sp³-hybridized carbons (Fsp3) is 0.467. The van der Waals surface area contributed by atoms with E-state index in [2.05, 4.69) is 10.6 Å². The average molecular weight is 292 g/mol. The van der Waals surface area contributed by atoms with Crippen molar-refractivity contribution in [2.24, 2.45) is 0 Å². The summed E-state index contributed by atoms with van der Waals surface area (Å²) in [5.74, 6) is -1.43. The fourth-order valence-electron chi connectivity index (χ4n) is 2.31. The summed E-state index contributed by atoms with van der Waals surface area (Å²) in [6.07, 6.45) is -0.0736. The first kappa shape index (κ1) is 15.5. The molecule has 1 aromatic rings. The molecule has 1 aromatic carbocycles. The molecule has 21 heavy (non-hydrogen) atoms. The molecule has 1 amide bonds. The minimum absolute atomic E-state index is 0.142. The summed E-state index contributed by atoms with van der Waals surface area (Å²) < 4.78 is 5.46. The normalized spacial score (nSPS) is 21.3. The van der Waals surface area contributed by atoms with Gasteiger partial charge < -0.3 is 20.5 Å². The molecule has 0 radical (unpaired) electrons. The third-order valence-corrected chi connectivity index (χ3v) is 3.59. The molecule has 2 atom stereocenters. The third-order valence-electron chi connectivity index (χ3n) is 3.59. The van der Waals surface area contributed by atoms with Crippen LogP contribution in [0.2, 0.25) is 0 Å². The number of morpholine rings is 1. The maximum atomic E-state index is 12.1. The highest BCUT2D eigenvalue weighted by atomic mass is 16.5. The van der Waals surface area contributed by atoms with Gasteiger partial charge in [0.1, 0.15) is 0 Å². The average Bonchev–Trinajstić information content (AvgIpc) is 2.48. The topological polar surface area (TPSA) is 87.7 Å². The number of nitrogens with one attached hydrogen (secondary N) is 2. The lowest BCUT2D eigenvalue weighted by molar-refractivity contribution is -0.148. The Morgan fingerprint density at radius 3 is 2.71 bits per heavy atom. The molecule has 1 saturated heterocycles. The van der Waals surface area contributed by atoms with E-state index in [4.69, 9.17) is 4.74 Å². The smallest absolute Gasteiger partial charge is 0.333 e. The molecule has 3 N–H and O–H groups in total. The third kappa shape index (κ3) is 3.80. The van der Waals surface area contributed by atoms with Gasteiger partial charge in [0.25, 0.3) is 0 Å². The second-order valence-corrected chi connectivity index (χ2v) is 5.25. The van der Waals surface area contributed by atoms with Crippen LogP contribution in [0.5, 0.6) is 0 Å². The SMILES string of the molecule is CC(NC(=O)CC1CNCCO1)(C(=O)O)c1ccccc1. The van der Waals surface area contributed by atoms with Crippen LogP contribution in [0.1, 0.15) is 18.9 Å². The molecule has 2 rings (SSSR count). The van der Waals surface area contributed by atoms with Crippen LogP contribution in [0, 0.1) is 0 Å². The van der Waals surface area contributed by atoms with E-state index in [1.165, 1.54) is 6.92 Å². The summed E-state index contributed by atoms with van der Waals surface area (Å²) >= 11 is 0. The van der Waals surface area contributed by atoms with E-state index in [-0.39, 0.29) is 18.4 Å². The number of benzene rings is 1. The molecule has 0 bridgehead atoms. The van der Waals surface area contributed by atoms with Crippen molar-refractivity contribution >= 4 is 11.9 Å². The summed E-state index contributed by atoms with van der Waals surface area (Å²) in [6, 6.07) is 8.67. The van der Waals surface area contributed by atoms with Crippen LogP contribution in [-0.4, -0.2) is 42.8 Å². The van der Waals surface area contributed by atoms with Gasteiger partial charge in [-0.15, -0.1) is 0 Å². The zero-order chi connectivity index (χ0) is 15.3. The highest BCUT2D eigenvalue weighted by molar-refractivity contribution is 5.88. The Morgan fingerprint density at radius 2 is 2.14 bits per heavy atom. The van der Waals surface area contributed by atoms with E-state index in [1.807, 2.05) is 0 Å². The lowest BCUT2D eigenvalue weighted by Crippen LogP contribution is -2.51. The van der Waals surface area contributed by atoms with E-state index in [0.29, 0.717) is 18.7 Å². The molecule has 1 aliphatic heterocycles. The van der Waals surface area contributed by atoms with Crippen LogP contribution in [0.4, 0.5) is 0 Å². The first-order valence-electron chi connectivity index (χ1n) is 6.94. The Kier molecular flexibility index (Phi) is 4.93. The molecule has 0 aliphatic carbocycles. The maximum absolute atomic E-state index is 12.1. The number of carboxylic acids is 1. The molecular weight excluding hydrogens is 272 g/mol. The van der Waals surface area contributed by atoms with E-state index in [1.54, 1.807) is 30.3 Å². The van der Waals surface area contributed by atoms with Gasteiger partial charge in [0, 0.05) is 13.1 Å². The van der Waals surface area contributed by atoms with Gasteiger partial charge in [0.15, 0.2) is 5.54 Å². The quantitative estimate of drug-likeness (QED) is 0.735. The zero-order valence-electron chi connectivity index (χ0n) is 12.0. The second kappa shape index (κ2) is 6.69. The molecule has 1 aliphatic rings. The molecule has 6 heteroatoms. The summed E-state index contributed by atoms with van der Waals surface area (Å²) in [6.45, 7) is 3.42. The lowest BCUT2D eigenvalue weighted by atomic mass is 9.91. The monoisotopic (exact) mass is 292 g/mol. The van der Waals surface area contributed by atoms with Crippen molar-refractivity contribution in [1.29, 1.82) is 0 Å². The van der Waals surface area contributed by atoms with Crippen molar-refractivity contribution in [1.82, 2.24) is 10.6 Å². The Morgan fingerprint density at radius 1 is 1.43 bits per heavy atom. The number of carboxylic acid groups (broad SMARTS) is 1. The first-order chi connectivity index (χ1) is 10.0. The van der Waals surface area contributed by atoms with Gasteiger partial charge in [-0.05, 0) is 12.5 Å². The Balaban J connectivity index is 2.05. The highest BCUT2D eigenvalue weighted by Gasteiger charge is 2.37. The number of hydrogen-bond acceptors (Lipinski definition) is 4. The predicted molar refractivity (Wildman–Crippen MR) is 76.8 cm³/mol. The number of hydrogen-bond donors (Lipinski definition) is 3. The van der Waals surface area contributed by atoms with Crippen LogP contribution in [0.3, 0.4) is 0 Å². The van der Waals surface area contributed by atoms with Gasteiger partial charge in [-0.2, -0.15) is 0 Å². The highest BCUT2D eigenvalue weighted by Crippen LogP contribution is 2.21. The van der Waals surface area contributed by atoms with E-state index in [9.17, 15) is 14.7 Å². The van der Waals surface area contributed by atoms with Gasteiger partial charge in [0.2, 0.25) is 5.91 Å². The largest absolute Gasteiger partial charge is 0.479 e. The molecule has 1 heterocycles. The maximum Gasteiger partial charge on any atom is 0.333 e. The van der Waals surface area contributed by atoms with Crippen molar-refractivity contribution in [3.8, 4) is 0 Å². The van der Waals surface area contributed by atoms with Gasteiger partial charge in [-0.1, -0.05) is 30.3 Å². The van der Waals surface area contributed by atoms with E-state index < -0.39 is 11.5 Å². The second-order valence-electron chi connectivity index (χ2n) is 5.25. The van der Waals surface area contributed by atoms with E-state index in [0.717, 1.165) is 6.54 Å². The fourth-order valence-corrected chi connectivity index (χ4v) is 2.31. The summed E-state index contributed by atoms with van der Waals surface area (Å²) in [5.41, 5.74) is -0.908. The van der Waals surface area contributed by atoms with Crippen LogP contribution in [-0.2, 0) is 19.9 Å². The van der Waals surface area contributed by atoms with Crippen LogP contribution in [0.25, 0.3) is 0 Å². The van der Waals surface area contributed by atoms with E-state index >= 15 is 0 Å². The molecule has 0 spiro atoms. The van der Waals surface area contributed by atoms with Gasteiger partial charge in [-0.3, -0.25) is 4.79 Å². The molecule has 2 unspecified atom stereocenters. The van der Waals surface area contributed by atoms with Crippen LogP contribution < -0.4 is 10.6 Å². The van der Waals surface area contributed by atoms with Crippen LogP contribution >= 0.6 is 0 Å². The van der Waals surface area contributed by atoms with Gasteiger partial charge >= 0.3 is 5.97 Å². The molecule has 0 saturated carbocycles. The Labute approximate surface area is 123 Å². The molecule has 0 aromatic heterocycles.